The molecule has 1 aromatic carbocycles. The Hall–Kier alpha value is -3.77. The fraction of sp³-hybridized carbons (Fsp3) is 0.300. The standard InChI is InChI=1S/C20H15F5N6O2/c21-9-1-2-12(22)11(5-9)13-6-10(32)8-30(13)15-3-4-31-18(27-15)16(17(23)29-31)28-19(33)26-14-7-20(14,24)25/h1-5,13-14H,6-8H2,(H2,26,28,33)/t13-,14?/m1/s1. The molecule has 2 aromatic heterocycles. The third-order valence-electron chi connectivity index (χ3n) is 5.55. The van der Waals surface area contributed by atoms with Gasteiger partial charge in [0.15, 0.2) is 11.4 Å². The van der Waals surface area contributed by atoms with Crippen LogP contribution in [0.3, 0.4) is 0 Å². The Morgan fingerprint density at radius 1 is 1.18 bits per heavy atom. The number of fused-ring (bicyclic) bond motifs is 1. The molecule has 2 atom stereocenters. The Morgan fingerprint density at radius 3 is 2.67 bits per heavy atom. The fourth-order valence-electron chi connectivity index (χ4n) is 3.82. The maximum Gasteiger partial charge on any atom is 0.319 e. The number of hydrogen-bond donors (Lipinski definition) is 2. The van der Waals surface area contributed by atoms with Crippen molar-refractivity contribution in [1.29, 1.82) is 0 Å². The largest absolute Gasteiger partial charge is 0.342 e. The van der Waals surface area contributed by atoms with E-state index in [1.165, 1.54) is 17.2 Å². The number of nitrogens with one attached hydrogen (secondary N) is 2. The van der Waals surface area contributed by atoms with E-state index in [1.807, 2.05) is 5.32 Å². The molecule has 1 saturated carbocycles. The number of hydrogen-bond acceptors (Lipinski definition) is 5. The highest BCUT2D eigenvalue weighted by molar-refractivity contribution is 5.94. The van der Waals surface area contributed by atoms with Gasteiger partial charge in [0.2, 0.25) is 0 Å². The van der Waals surface area contributed by atoms with Gasteiger partial charge in [-0.25, -0.2) is 31.9 Å². The molecule has 1 saturated heterocycles. The second kappa shape index (κ2) is 7.39. The van der Waals surface area contributed by atoms with Gasteiger partial charge < -0.3 is 15.5 Å². The molecule has 0 spiro atoms. The van der Waals surface area contributed by atoms with E-state index in [9.17, 15) is 31.5 Å². The van der Waals surface area contributed by atoms with Gasteiger partial charge in [0.05, 0.1) is 12.6 Å². The molecule has 172 valence electrons. The number of urea groups is 1. The van der Waals surface area contributed by atoms with E-state index in [2.05, 4.69) is 15.4 Å². The second-order valence-corrected chi connectivity index (χ2v) is 7.89. The van der Waals surface area contributed by atoms with Gasteiger partial charge in [-0.15, -0.1) is 5.10 Å². The predicted molar refractivity (Wildman–Crippen MR) is 105 cm³/mol. The third-order valence-corrected chi connectivity index (χ3v) is 5.55. The summed E-state index contributed by atoms with van der Waals surface area (Å²) in [6.07, 6.45) is 0.700. The second-order valence-electron chi connectivity index (χ2n) is 7.89. The maximum atomic E-state index is 14.4. The zero-order valence-corrected chi connectivity index (χ0v) is 16.7. The Bertz CT molecular complexity index is 1300. The zero-order chi connectivity index (χ0) is 23.5. The number of anilines is 2. The molecule has 2 N–H and O–H groups in total. The van der Waals surface area contributed by atoms with E-state index >= 15 is 0 Å². The average molecular weight is 466 g/mol. The topological polar surface area (TPSA) is 91.6 Å². The van der Waals surface area contributed by atoms with Gasteiger partial charge in [0.25, 0.3) is 11.9 Å². The lowest BCUT2D eigenvalue weighted by molar-refractivity contribution is -0.116. The number of nitrogens with zero attached hydrogens (tertiary/aromatic N) is 4. The SMILES string of the molecule is O=C1C[C@H](c2cc(F)ccc2F)N(c2ccn3nc(F)c(NC(=O)NC4CC4(F)F)c3n2)C1. The number of alkyl halides is 2. The molecule has 3 aromatic rings. The molecule has 1 aliphatic heterocycles. The summed E-state index contributed by atoms with van der Waals surface area (Å²) in [4.78, 5) is 29.8. The molecular formula is C20H15F5N6O2. The van der Waals surface area contributed by atoms with Crippen molar-refractivity contribution in [3.05, 3.63) is 53.6 Å². The van der Waals surface area contributed by atoms with E-state index in [1.54, 1.807) is 0 Å². The van der Waals surface area contributed by atoms with Crippen molar-refractivity contribution in [3.63, 3.8) is 0 Å². The van der Waals surface area contributed by atoms with Crippen molar-refractivity contribution in [2.45, 2.75) is 30.8 Å². The van der Waals surface area contributed by atoms with Gasteiger partial charge in [-0.3, -0.25) is 4.79 Å². The van der Waals surface area contributed by atoms with Crippen molar-refractivity contribution >= 4 is 29.0 Å². The minimum Gasteiger partial charge on any atom is -0.342 e. The van der Waals surface area contributed by atoms with Crippen molar-refractivity contribution in [3.8, 4) is 0 Å². The first-order valence-corrected chi connectivity index (χ1v) is 9.86. The summed E-state index contributed by atoms with van der Waals surface area (Å²) >= 11 is 0. The van der Waals surface area contributed by atoms with Crippen LogP contribution in [0.4, 0.5) is 38.3 Å². The number of ketones is 1. The summed E-state index contributed by atoms with van der Waals surface area (Å²) in [5, 5.41) is 7.73. The van der Waals surface area contributed by atoms with Crippen LogP contribution in [0.2, 0.25) is 0 Å². The first-order chi connectivity index (χ1) is 15.6. The number of amides is 2. The van der Waals surface area contributed by atoms with E-state index in [4.69, 9.17) is 0 Å². The highest BCUT2D eigenvalue weighted by atomic mass is 19.3. The predicted octanol–water partition coefficient (Wildman–Crippen LogP) is 3.20. The Morgan fingerprint density at radius 2 is 1.94 bits per heavy atom. The van der Waals surface area contributed by atoms with Crippen LogP contribution in [0.1, 0.15) is 24.4 Å². The number of Topliss-reactive ketones (excluding diaryl/α,β-unsaturated/α-hetero) is 1. The van der Waals surface area contributed by atoms with Crippen LogP contribution in [0, 0.1) is 17.6 Å². The molecule has 3 heterocycles. The minimum atomic E-state index is -3.01. The number of aromatic nitrogens is 3. The van der Waals surface area contributed by atoms with Gasteiger partial charge in [0.1, 0.15) is 29.2 Å². The van der Waals surface area contributed by atoms with Crippen LogP contribution in [-0.2, 0) is 4.79 Å². The van der Waals surface area contributed by atoms with Gasteiger partial charge in [-0.05, 0) is 24.3 Å². The molecule has 1 aliphatic carbocycles. The molecule has 8 nitrogen and oxygen atoms in total. The van der Waals surface area contributed by atoms with Gasteiger partial charge in [-0.1, -0.05) is 0 Å². The smallest absolute Gasteiger partial charge is 0.319 e. The van der Waals surface area contributed by atoms with Crippen molar-refractivity contribution in [2.24, 2.45) is 0 Å². The molecule has 5 rings (SSSR count). The van der Waals surface area contributed by atoms with Crippen LogP contribution in [0.15, 0.2) is 30.5 Å². The van der Waals surface area contributed by atoms with E-state index in [0.717, 1.165) is 22.7 Å². The summed E-state index contributed by atoms with van der Waals surface area (Å²) in [6, 6.07) is 1.05. The summed E-state index contributed by atoms with van der Waals surface area (Å²) in [7, 11) is 0. The number of halogens is 5. The van der Waals surface area contributed by atoms with Crippen LogP contribution in [0.5, 0.6) is 0 Å². The Labute approximate surface area is 182 Å². The third kappa shape index (κ3) is 3.83. The highest BCUT2D eigenvalue weighted by Gasteiger charge is 2.58. The quantitative estimate of drug-likeness (QED) is 0.577. The molecule has 1 unspecified atom stereocenters. The van der Waals surface area contributed by atoms with E-state index in [-0.39, 0.29) is 35.8 Å². The van der Waals surface area contributed by atoms with E-state index in [0.29, 0.717) is 0 Å². The van der Waals surface area contributed by atoms with Crippen molar-refractivity contribution in [2.75, 3.05) is 16.8 Å². The minimum absolute atomic E-state index is 0.0368. The number of carbonyl (C=O) groups excluding carboxylic acids is 2. The Balaban J connectivity index is 1.47. The highest BCUT2D eigenvalue weighted by Crippen LogP contribution is 2.41. The molecule has 2 aliphatic rings. The summed E-state index contributed by atoms with van der Waals surface area (Å²) in [5.41, 5.74) is -0.664. The number of rotatable bonds is 4. The molecule has 2 amide bonds. The maximum absolute atomic E-state index is 14.4. The van der Waals surface area contributed by atoms with Crippen molar-refractivity contribution < 1.29 is 31.5 Å². The van der Waals surface area contributed by atoms with Crippen molar-refractivity contribution in [1.82, 2.24) is 19.9 Å². The molecular weight excluding hydrogens is 451 g/mol. The number of carbonyl (C=O) groups is 2. The summed E-state index contributed by atoms with van der Waals surface area (Å²) < 4.78 is 69.5. The zero-order valence-electron chi connectivity index (χ0n) is 16.7. The van der Waals surface area contributed by atoms with Gasteiger partial charge >= 0.3 is 6.03 Å². The fourth-order valence-corrected chi connectivity index (χ4v) is 3.82. The summed E-state index contributed by atoms with van der Waals surface area (Å²) in [6.45, 7) is -0.152. The summed E-state index contributed by atoms with van der Waals surface area (Å²) in [5.74, 6) is -5.61. The monoisotopic (exact) mass is 466 g/mol. The van der Waals surface area contributed by atoms with E-state index < -0.39 is 53.7 Å². The first-order valence-electron chi connectivity index (χ1n) is 9.86. The van der Waals surface area contributed by atoms with Crippen LogP contribution in [0.25, 0.3) is 5.65 Å². The van der Waals surface area contributed by atoms with Gasteiger partial charge in [0, 0.05) is 24.6 Å². The van der Waals surface area contributed by atoms with Crippen LogP contribution >= 0.6 is 0 Å². The molecule has 2 fully saturated rings. The normalized spacial score (nSPS) is 21.5. The first kappa shape index (κ1) is 21.1. The average Bonchev–Trinajstić information content (AvgIpc) is 3.05. The lowest BCUT2D eigenvalue weighted by Gasteiger charge is -2.25. The van der Waals surface area contributed by atoms with Crippen LogP contribution in [-0.4, -0.2) is 44.9 Å². The Kier molecular flexibility index (Phi) is 4.72. The molecule has 13 heteroatoms. The molecule has 0 bridgehead atoms. The van der Waals surface area contributed by atoms with Gasteiger partial charge in [-0.2, -0.15) is 4.39 Å². The van der Waals surface area contributed by atoms with Crippen LogP contribution < -0.4 is 15.5 Å². The molecule has 0 radical (unpaired) electrons. The lowest BCUT2D eigenvalue weighted by atomic mass is 10.0. The molecule has 33 heavy (non-hydrogen) atoms. The number of benzene rings is 1. The lowest BCUT2D eigenvalue weighted by Crippen LogP contribution is -2.33.